The maximum Gasteiger partial charge on any atom is 0.437 e. The highest BCUT2D eigenvalue weighted by atomic mass is 16.6. The number of ether oxygens (including phenoxy) is 4. The Bertz CT molecular complexity index is 1990. The molecule has 0 saturated carbocycles. The summed E-state index contributed by atoms with van der Waals surface area (Å²) in [5.74, 6) is -0.276. The molecule has 2 aliphatic heterocycles. The number of nitrogens with one attached hydrogen (secondary N) is 3. The van der Waals surface area contributed by atoms with Crippen LogP contribution in [0.25, 0.3) is 5.57 Å². The van der Waals surface area contributed by atoms with Crippen molar-refractivity contribution in [2.24, 2.45) is 9.98 Å². The first-order valence-electron chi connectivity index (χ1n) is 19.6. The molecule has 0 saturated heterocycles. The summed E-state index contributed by atoms with van der Waals surface area (Å²) >= 11 is 0. The standard InChI is InChI=1S/C43H59N7O9/c1-40(2,3)56-36(52)45-34(46-37(53)57-41(4,5)6)49-22-19-29(20-23-49)27-13-15-30(16-14-27)33(51)44-32-18-17-28-21-24-50(26-31(28)25-32)35(47-38(54)58-42(7,8)9)48-39(55)59-43(10,11)12/h13-19,25H,20-24,26H2,1-12H3,(H,44,51)(H,45,46,52,53)(H,47,48,54,55). The van der Waals surface area contributed by atoms with Crippen LogP contribution in [-0.2, 0) is 31.9 Å². The van der Waals surface area contributed by atoms with Gasteiger partial charge in [-0.1, -0.05) is 24.3 Å². The van der Waals surface area contributed by atoms with Crippen molar-refractivity contribution in [3.8, 4) is 0 Å². The van der Waals surface area contributed by atoms with Gasteiger partial charge >= 0.3 is 24.4 Å². The molecular formula is C43H59N7O9. The Morgan fingerprint density at radius 3 is 1.56 bits per heavy atom. The SMILES string of the molecule is CC(C)(C)OC(=O)N=C(NC(=O)OC(C)(C)C)N1CC=C(c2ccc(C(=O)Nc3ccc4c(c3)CN(C(=NC(=O)OC(C)(C)C)NC(=O)OC(C)(C)C)CC4)cc2)CC1. The molecule has 320 valence electrons. The molecule has 59 heavy (non-hydrogen) atoms. The predicted molar refractivity (Wildman–Crippen MR) is 225 cm³/mol. The van der Waals surface area contributed by atoms with E-state index in [1.807, 2.05) is 36.4 Å². The smallest absolute Gasteiger partial charge is 0.437 e. The van der Waals surface area contributed by atoms with Crippen LogP contribution in [0.5, 0.6) is 0 Å². The van der Waals surface area contributed by atoms with Crippen molar-refractivity contribution in [2.75, 3.05) is 25.0 Å². The van der Waals surface area contributed by atoms with Crippen LogP contribution >= 0.6 is 0 Å². The second-order valence-corrected chi connectivity index (χ2v) is 18.2. The van der Waals surface area contributed by atoms with Gasteiger partial charge < -0.3 is 34.1 Å². The maximum atomic E-state index is 13.4. The Morgan fingerprint density at radius 2 is 1.08 bits per heavy atom. The number of anilines is 1. The molecule has 0 aromatic heterocycles. The highest BCUT2D eigenvalue weighted by molar-refractivity contribution is 6.04. The van der Waals surface area contributed by atoms with Crippen molar-refractivity contribution < 1.29 is 42.9 Å². The molecule has 0 bridgehead atoms. The molecule has 0 atom stereocenters. The second-order valence-electron chi connectivity index (χ2n) is 18.2. The Kier molecular flexibility index (Phi) is 14.2. The summed E-state index contributed by atoms with van der Waals surface area (Å²) in [6.45, 7) is 22.3. The molecule has 2 aliphatic rings. The highest BCUT2D eigenvalue weighted by Crippen LogP contribution is 2.26. The predicted octanol–water partition coefficient (Wildman–Crippen LogP) is 8.02. The van der Waals surface area contributed by atoms with Gasteiger partial charge in [-0.25, -0.2) is 19.2 Å². The zero-order valence-corrected chi connectivity index (χ0v) is 36.3. The summed E-state index contributed by atoms with van der Waals surface area (Å²) in [5, 5.41) is 8.19. The lowest BCUT2D eigenvalue weighted by molar-refractivity contribution is 0.0535. The van der Waals surface area contributed by atoms with E-state index < -0.39 is 46.8 Å². The van der Waals surface area contributed by atoms with E-state index in [4.69, 9.17) is 18.9 Å². The lowest BCUT2D eigenvalue weighted by atomic mass is 9.98. The van der Waals surface area contributed by atoms with E-state index in [0.29, 0.717) is 50.3 Å². The number of amides is 5. The first-order chi connectivity index (χ1) is 27.2. The zero-order chi connectivity index (χ0) is 43.9. The number of carbonyl (C=O) groups is 5. The van der Waals surface area contributed by atoms with Crippen molar-refractivity contribution in [3.63, 3.8) is 0 Å². The van der Waals surface area contributed by atoms with E-state index in [9.17, 15) is 24.0 Å². The van der Waals surface area contributed by atoms with Crippen molar-refractivity contribution in [1.82, 2.24) is 20.4 Å². The van der Waals surface area contributed by atoms with E-state index in [1.165, 1.54) is 0 Å². The quantitative estimate of drug-likeness (QED) is 0.155. The third-order valence-electron chi connectivity index (χ3n) is 8.21. The van der Waals surface area contributed by atoms with Crippen LogP contribution in [0.2, 0.25) is 0 Å². The van der Waals surface area contributed by atoms with Crippen LogP contribution in [0.15, 0.2) is 58.5 Å². The Morgan fingerprint density at radius 1 is 0.593 bits per heavy atom. The third-order valence-corrected chi connectivity index (χ3v) is 8.21. The number of guanidine groups is 2. The van der Waals surface area contributed by atoms with Gasteiger partial charge in [0.1, 0.15) is 22.4 Å². The molecule has 0 unspecified atom stereocenters. The number of carbonyl (C=O) groups excluding carboxylic acids is 5. The van der Waals surface area contributed by atoms with Gasteiger partial charge in [0, 0.05) is 37.4 Å². The summed E-state index contributed by atoms with van der Waals surface area (Å²) in [6, 6.07) is 12.9. The van der Waals surface area contributed by atoms with E-state index >= 15 is 0 Å². The molecule has 5 amide bonds. The van der Waals surface area contributed by atoms with Crippen LogP contribution < -0.4 is 16.0 Å². The zero-order valence-electron chi connectivity index (χ0n) is 36.3. The molecule has 16 heteroatoms. The summed E-state index contributed by atoms with van der Waals surface area (Å²) in [7, 11) is 0. The van der Waals surface area contributed by atoms with E-state index in [1.54, 1.807) is 105 Å². The summed E-state index contributed by atoms with van der Waals surface area (Å²) < 4.78 is 21.5. The minimum Gasteiger partial charge on any atom is -0.444 e. The van der Waals surface area contributed by atoms with Crippen molar-refractivity contribution in [2.45, 2.75) is 125 Å². The van der Waals surface area contributed by atoms with Gasteiger partial charge in [0.15, 0.2) is 0 Å². The lowest BCUT2D eigenvalue weighted by Crippen LogP contribution is -2.48. The molecule has 2 aromatic rings. The van der Waals surface area contributed by atoms with Gasteiger partial charge in [0.2, 0.25) is 11.9 Å². The van der Waals surface area contributed by atoms with Crippen molar-refractivity contribution in [3.05, 3.63) is 70.8 Å². The van der Waals surface area contributed by atoms with E-state index in [2.05, 4.69) is 25.9 Å². The number of hydrogen-bond acceptors (Lipinski definition) is 9. The minimum absolute atomic E-state index is 0.00121. The van der Waals surface area contributed by atoms with Gasteiger partial charge in [-0.2, -0.15) is 0 Å². The van der Waals surface area contributed by atoms with Crippen molar-refractivity contribution >= 4 is 53.5 Å². The largest absolute Gasteiger partial charge is 0.444 e. The van der Waals surface area contributed by atoms with E-state index in [-0.39, 0.29) is 17.8 Å². The first kappa shape index (κ1) is 45.8. The number of hydrogen-bond donors (Lipinski definition) is 3. The van der Waals surface area contributed by atoms with Crippen LogP contribution in [-0.4, -0.2) is 94.0 Å². The normalized spacial score (nSPS) is 15.3. The summed E-state index contributed by atoms with van der Waals surface area (Å²) in [4.78, 5) is 75.7. The topological polar surface area (TPSA) is 190 Å². The molecule has 4 rings (SSSR count). The number of nitrogens with zero attached hydrogens (tertiary/aromatic N) is 4. The second kappa shape index (κ2) is 18.3. The molecule has 3 N–H and O–H groups in total. The fourth-order valence-corrected chi connectivity index (χ4v) is 5.87. The molecule has 0 aliphatic carbocycles. The van der Waals surface area contributed by atoms with E-state index in [0.717, 1.165) is 22.3 Å². The number of alkyl carbamates (subject to hydrolysis) is 2. The molecule has 0 spiro atoms. The third kappa shape index (κ3) is 15.4. The first-order valence-corrected chi connectivity index (χ1v) is 19.6. The molecule has 0 radical (unpaired) electrons. The summed E-state index contributed by atoms with van der Waals surface area (Å²) in [6.07, 6.45) is -0.0504. The van der Waals surface area contributed by atoms with Crippen LogP contribution in [0.4, 0.5) is 24.9 Å². The van der Waals surface area contributed by atoms with Gasteiger partial charge in [0.05, 0.1) is 0 Å². The number of benzene rings is 2. The van der Waals surface area contributed by atoms with Gasteiger partial charge in [-0.15, -0.1) is 9.98 Å². The summed E-state index contributed by atoms with van der Waals surface area (Å²) in [5.41, 5.74) is 1.83. The highest BCUT2D eigenvalue weighted by Gasteiger charge is 2.28. The fourth-order valence-electron chi connectivity index (χ4n) is 5.87. The number of fused-ring (bicyclic) bond motifs is 1. The van der Waals surface area contributed by atoms with Crippen LogP contribution in [0.3, 0.4) is 0 Å². The Labute approximate surface area is 346 Å². The fraction of sp³-hybridized carbons (Fsp3) is 0.512. The maximum absolute atomic E-state index is 13.4. The molecule has 16 nitrogen and oxygen atoms in total. The van der Waals surface area contributed by atoms with Gasteiger partial charge in [-0.3, -0.25) is 15.4 Å². The van der Waals surface area contributed by atoms with Crippen LogP contribution in [0, 0.1) is 0 Å². The average Bonchev–Trinajstić information content (AvgIpc) is 3.07. The van der Waals surface area contributed by atoms with Gasteiger partial charge in [0.25, 0.3) is 5.91 Å². The minimum atomic E-state index is -0.852. The lowest BCUT2D eigenvalue weighted by Gasteiger charge is -2.32. The molecule has 2 heterocycles. The Hall–Kier alpha value is -5.93. The molecule has 0 fully saturated rings. The Balaban J connectivity index is 1.44. The average molecular weight is 818 g/mol. The van der Waals surface area contributed by atoms with Crippen LogP contribution in [0.1, 0.15) is 117 Å². The molecular weight excluding hydrogens is 759 g/mol. The number of aliphatic imine (C=N–C) groups is 2. The van der Waals surface area contributed by atoms with Gasteiger partial charge in [-0.05, 0) is 142 Å². The number of rotatable bonds is 3. The van der Waals surface area contributed by atoms with Crippen molar-refractivity contribution in [1.29, 1.82) is 0 Å². The molecule has 2 aromatic carbocycles. The monoisotopic (exact) mass is 817 g/mol.